The number of hydrogen-bond acceptors (Lipinski definition) is 4. The van der Waals surface area contributed by atoms with E-state index in [0.29, 0.717) is 18.6 Å². The molecular formula is C17H35N3O. The lowest BCUT2D eigenvalue weighted by molar-refractivity contribution is 0.0719. The van der Waals surface area contributed by atoms with Gasteiger partial charge in [-0.2, -0.15) is 0 Å². The van der Waals surface area contributed by atoms with E-state index in [4.69, 9.17) is 0 Å². The Kier molecular flexibility index (Phi) is 6.48. The zero-order valence-corrected chi connectivity index (χ0v) is 14.3. The minimum Gasteiger partial charge on any atom is -0.394 e. The monoisotopic (exact) mass is 297 g/mol. The quantitative estimate of drug-likeness (QED) is 0.748. The molecule has 2 rings (SSSR count). The summed E-state index contributed by atoms with van der Waals surface area (Å²) in [4.78, 5) is 5.20. The Labute approximate surface area is 130 Å². The Morgan fingerprint density at radius 1 is 1.29 bits per heavy atom. The second-order valence-corrected chi connectivity index (χ2v) is 7.00. The first-order valence-corrected chi connectivity index (χ1v) is 8.97. The molecule has 0 aromatic carbocycles. The number of nitrogens with zero attached hydrogens (tertiary/aromatic N) is 2. The molecule has 124 valence electrons. The zero-order chi connectivity index (χ0) is 15.3. The van der Waals surface area contributed by atoms with Crippen LogP contribution in [0.15, 0.2) is 0 Å². The highest BCUT2D eigenvalue weighted by molar-refractivity contribution is 4.99. The van der Waals surface area contributed by atoms with Crippen molar-refractivity contribution in [2.24, 2.45) is 5.92 Å². The van der Waals surface area contributed by atoms with Crippen LogP contribution in [0.2, 0.25) is 0 Å². The van der Waals surface area contributed by atoms with Gasteiger partial charge in [-0.1, -0.05) is 20.3 Å². The maximum absolute atomic E-state index is 9.88. The average Bonchev–Trinajstić information content (AvgIpc) is 2.89. The summed E-state index contributed by atoms with van der Waals surface area (Å²) in [5, 5.41) is 13.5. The molecule has 3 unspecified atom stereocenters. The molecule has 1 saturated carbocycles. The SMILES string of the molecule is CCNC1(CO)CCCC1CCN1CCN(CC)C(C)C1. The molecular weight excluding hydrogens is 262 g/mol. The summed E-state index contributed by atoms with van der Waals surface area (Å²) in [5.74, 6) is 0.641. The molecule has 2 fully saturated rings. The minimum absolute atomic E-state index is 0.00556. The molecule has 0 aromatic heterocycles. The molecule has 1 aliphatic heterocycles. The molecule has 4 heteroatoms. The van der Waals surface area contributed by atoms with Gasteiger partial charge in [-0.25, -0.2) is 0 Å². The lowest BCUT2D eigenvalue weighted by Crippen LogP contribution is -2.54. The Bertz CT molecular complexity index is 312. The van der Waals surface area contributed by atoms with Gasteiger partial charge in [0.15, 0.2) is 0 Å². The van der Waals surface area contributed by atoms with Crippen LogP contribution in [0.1, 0.15) is 46.5 Å². The Hall–Kier alpha value is -0.160. The largest absolute Gasteiger partial charge is 0.394 e. The van der Waals surface area contributed by atoms with Crippen LogP contribution in [0.5, 0.6) is 0 Å². The number of rotatable bonds is 7. The normalized spacial score (nSPS) is 35.4. The maximum Gasteiger partial charge on any atom is 0.0616 e. The van der Waals surface area contributed by atoms with E-state index in [-0.39, 0.29) is 5.54 Å². The molecule has 0 aromatic rings. The lowest BCUT2D eigenvalue weighted by atomic mass is 9.85. The highest BCUT2D eigenvalue weighted by atomic mass is 16.3. The van der Waals surface area contributed by atoms with Crippen molar-refractivity contribution in [3.8, 4) is 0 Å². The highest BCUT2D eigenvalue weighted by Gasteiger charge is 2.41. The van der Waals surface area contributed by atoms with Crippen LogP contribution in [-0.4, -0.2) is 72.4 Å². The van der Waals surface area contributed by atoms with Gasteiger partial charge in [-0.3, -0.25) is 4.90 Å². The van der Waals surface area contributed by atoms with Crippen molar-refractivity contribution in [3.63, 3.8) is 0 Å². The first-order chi connectivity index (χ1) is 10.1. The molecule has 0 bridgehead atoms. The van der Waals surface area contributed by atoms with Gasteiger partial charge >= 0.3 is 0 Å². The zero-order valence-electron chi connectivity index (χ0n) is 14.3. The number of hydrogen-bond donors (Lipinski definition) is 2. The average molecular weight is 297 g/mol. The second kappa shape index (κ2) is 7.91. The molecule has 4 nitrogen and oxygen atoms in total. The van der Waals surface area contributed by atoms with Crippen LogP contribution in [0.3, 0.4) is 0 Å². The summed E-state index contributed by atoms with van der Waals surface area (Å²) in [5.41, 5.74) is 0.00556. The highest BCUT2D eigenvalue weighted by Crippen LogP contribution is 2.37. The van der Waals surface area contributed by atoms with Gasteiger partial charge in [0.1, 0.15) is 0 Å². The molecule has 21 heavy (non-hydrogen) atoms. The van der Waals surface area contributed by atoms with Crippen molar-refractivity contribution < 1.29 is 5.11 Å². The van der Waals surface area contributed by atoms with Crippen LogP contribution >= 0.6 is 0 Å². The van der Waals surface area contributed by atoms with E-state index in [1.165, 1.54) is 52.0 Å². The third-order valence-electron chi connectivity index (χ3n) is 5.82. The summed E-state index contributed by atoms with van der Waals surface area (Å²) in [6, 6.07) is 0.684. The van der Waals surface area contributed by atoms with E-state index in [1.54, 1.807) is 0 Å². The second-order valence-electron chi connectivity index (χ2n) is 7.00. The van der Waals surface area contributed by atoms with Crippen LogP contribution in [0.25, 0.3) is 0 Å². The fourth-order valence-corrected chi connectivity index (χ4v) is 4.50. The first-order valence-electron chi connectivity index (χ1n) is 8.97. The first kappa shape index (κ1) is 17.2. The number of aliphatic hydroxyl groups excluding tert-OH is 1. The van der Waals surface area contributed by atoms with Crippen molar-refractivity contribution in [2.45, 2.75) is 58.0 Å². The Balaban J connectivity index is 1.82. The predicted octanol–water partition coefficient (Wildman–Crippen LogP) is 1.54. The lowest BCUT2D eigenvalue weighted by Gasteiger charge is -2.41. The van der Waals surface area contributed by atoms with Crippen molar-refractivity contribution in [2.75, 3.05) is 45.9 Å². The third kappa shape index (κ3) is 3.98. The standard InChI is InChI=1S/C17H35N3O/c1-4-18-17(14-21)9-6-7-16(17)8-10-19-11-12-20(5-2)15(3)13-19/h15-16,18,21H,4-14H2,1-3H3. The molecule has 2 N–H and O–H groups in total. The maximum atomic E-state index is 9.88. The smallest absolute Gasteiger partial charge is 0.0616 e. The number of aliphatic hydroxyl groups is 1. The summed E-state index contributed by atoms with van der Waals surface area (Å²) in [6.45, 7) is 14.0. The molecule has 0 spiro atoms. The molecule has 2 aliphatic rings. The van der Waals surface area contributed by atoms with Crippen molar-refractivity contribution in [1.82, 2.24) is 15.1 Å². The summed E-state index contributed by atoms with van der Waals surface area (Å²) < 4.78 is 0. The molecule has 1 heterocycles. The molecule has 1 saturated heterocycles. The van der Waals surface area contributed by atoms with Crippen LogP contribution < -0.4 is 5.32 Å². The topological polar surface area (TPSA) is 38.7 Å². The third-order valence-corrected chi connectivity index (χ3v) is 5.82. The van der Waals surface area contributed by atoms with Crippen molar-refractivity contribution in [1.29, 1.82) is 0 Å². The molecule has 0 amide bonds. The van der Waals surface area contributed by atoms with Gasteiger partial charge < -0.3 is 15.3 Å². The molecule has 1 aliphatic carbocycles. The number of piperazine rings is 1. The number of nitrogens with one attached hydrogen (secondary N) is 1. The van der Waals surface area contributed by atoms with Crippen LogP contribution in [0.4, 0.5) is 0 Å². The Morgan fingerprint density at radius 3 is 2.71 bits per heavy atom. The van der Waals surface area contributed by atoms with Crippen LogP contribution in [-0.2, 0) is 0 Å². The minimum atomic E-state index is 0.00556. The predicted molar refractivity (Wildman–Crippen MR) is 88.6 cm³/mol. The van der Waals surface area contributed by atoms with E-state index in [0.717, 1.165) is 13.0 Å². The summed E-state index contributed by atoms with van der Waals surface area (Å²) in [6.07, 6.45) is 4.91. The summed E-state index contributed by atoms with van der Waals surface area (Å²) in [7, 11) is 0. The van der Waals surface area contributed by atoms with Crippen molar-refractivity contribution >= 4 is 0 Å². The van der Waals surface area contributed by atoms with Gasteiger partial charge in [-0.15, -0.1) is 0 Å². The van der Waals surface area contributed by atoms with Gasteiger partial charge in [0.2, 0.25) is 0 Å². The Morgan fingerprint density at radius 2 is 2.10 bits per heavy atom. The van der Waals surface area contributed by atoms with Gasteiger partial charge in [0.25, 0.3) is 0 Å². The van der Waals surface area contributed by atoms with E-state index in [9.17, 15) is 5.11 Å². The summed E-state index contributed by atoms with van der Waals surface area (Å²) >= 11 is 0. The fourth-order valence-electron chi connectivity index (χ4n) is 4.50. The molecule has 3 atom stereocenters. The van der Waals surface area contributed by atoms with Crippen molar-refractivity contribution in [3.05, 3.63) is 0 Å². The van der Waals surface area contributed by atoms with Gasteiger partial charge in [0, 0.05) is 31.2 Å². The fraction of sp³-hybridized carbons (Fsp3) is 1.00. The van der Waals surface area contributed by atoms with Gasteiger partial charge in [0.05, 0.1) is 6.61 Å². The van der Waals surface area contributed by atoms with E-state index < -0.39 is 0 Å². The van der Waals surface area contributed by atoms with Crippen LogP contribution in [0, 0.1) is 5.92 Å². The van der Waals surface area contributed by atoms with E-state index in [2.05, 4.69) is 35.9 Å². The van der Waals surface area contributed by atoms with E-state index in [1.807, 2.05) is 0 Å². The van der Waals surface area contributed by atoms with Gasteiger partial charge in [-0.05, 0) is 51.7 Å². The number of likely N-dealkylation sites (N-methyl/N-ethyl adjacent to an activating group) is 2. The molecule has 0 radical (unpaired) electrons. The van der Waals surface area contributed by atoms with E-state index >= 15 is 0 Å².